The summed E-state index contributed by atoms with van der Waals surface area (Å²) in [4.78, 5) is 13.6. The van der Waals surface area contributed by atoms with Crippen molar-refractivity contribution in [2.45, 2.75) is 19.1 Å². The first kappa shape index (κ1) is 18.9. The highest BCUT2D eigenvalue weighted by Crippen LogP contribution is 2.33. The van der Waals surface area contributed by atoms with E-state index in [1.54, 1.807) is 0 Å². The number of carbonyl (C=O) groups is 1. The van der Waals surface area contributed by atoms with Gasteiger partial charge in [0.15, 0.2) is 0 Å². The summed E-state index contributed by atoms with van der Waals surface area (Å²) >= 11 is 5.85. The van der Waals surface area contributed by atoms with Crippen molar-refractivity contribution in [3.63, 3.8) is 0 Å². The van der Waals surface area contributed by atoms with E-state index < -0.39 is 17.8 Å². The van der Waals surface area contributed by atoms with Crippen LogP contribution in [0, 0.1) is 0 Å². The molecule has 9 heteroatoms. The second-order valence-electron chi connectivity index (χ2n) is 4.92. The smallest absolute Gasteiger partial charge is 0.322 e. The predicted octanol–water partition coefficient (Wildman–Crippen LogP) is 3.61. The number of nitrogens with zero attached hydrogens (tertiary/aromatic N) is 1. The van der Waals surface area contributed by atoms with Crippen LogP contribution >= 0.6 is 24.0 Å². The van der Waals surface area contributed by atoms with Gasteiger partial charge < -0.3 is 15.5 Å². The number of nitrogens with one attached hydrogen (secondary N) is 2. The van der Waals surface area contributed by atoms with Crippen molar-refractivity contribution in [3.05, 3.63) is 28.8 Å². The van der Waals surface area contributed by atoms with Gasteiger partial charge in [-0.05, 0) is 25.1 Å². The Balaban J connectivity index is 0.00000242. The lowest BCUT2D eigenvalue weighted by atomic mass is 10.2. The molecule has 1 atom stereocenters. The van der Waals surface area contributed by atoms with Gasteiger partial charge in [0.25, 0.3) is 0 Å². The molecular weight excluding hydrogens is 342 g/mol. The van der Waals surface area contributed by atoms with E-state index >= 15 is 0 Å². The third-order valence-electron chi connectivity index (χ3n) is 3.19. The van der Waals surface area contributed by atoms with Gasteiger partial charge in [0.2, 0.25) is 0 Å². The lowest BCUT2D eigenvalue weighted by Gasteiger charge is -2.32. The number of carbonyl (C=O) groups excluding carboxylic acids is 1. The zero-order chi connectivity index (χ0) is 15.6. The van der Waals surface area contributed by atoms with Crippen molar-refractivity contribution in [3.8, 4) is 0 Å². The van der Waals surface area contributed by atoms with Gasteiger partial charge in [-0.1, -0.05) is 11.6 Å². The minimum atomic E-state index is -4.48. The molecule has 0 saturated carbocycles. The van der Waals surface area contributed by atoms with E-state index in [2.05, 4.69) is 10.6 Å². The number of rotatable bonds is 1. The average Bonchev–Trinajstić information content (AvgIpc) is 2.40. The van der Waals surface area contributed by atoms with Crippen LogP contribution in [-0.2, 0) is 6.18 Å². The molecule has 0 unspecified atom stereocenters. The van der Waals surface area contributed by atoms with Crippen molar-refractivity contribution in [1.29, 1.82) is 0 Å². The van der Waals surface area contributed by atoms with Gasteiger partial charge in [0.1, 0.15) is 0 Å². The van der Waals surface area contributed by atoms with Crippen molar-refractivity contribution in [2.24, 2.45) is 0 Å². The van der Waals surface area contributed by atoms with Gasteiger partial charge in [-0.2, -0.15) is 13.2 Å². The highest BCUT2D eigenvalue weighted by Gasteiger charge is 2.31. The summed E-state index contributed by atoms with van der Waals surface area (Å²) in [6.07, 6.45) is -4.48. The Labute approximate surface area is 137 Å². The van der Waals surface area contributed by atoms with Gasteiger partial charge in [-0.3, -0.25) is 0 Å². The van der Waals surface area contributed by atoms with Crippen LogP contribution in [0.5, 0.6) is 0 Å². The number of hydrogen-bond acceptors (Lipinski definition) is 2. The third-order valence-corrected chi connectivity index (χ3v) is 3.52. The second-order valence-corrected chi connectivity index (χ2v) is 5.33. The topological polar surface area (TPSA) is 44.4 Å². The number of anilines is 1. The van der Waals surface area contributed by atoms with Crippen molar-refractivity contribution in [2.75, 3.05) is 25.0 Å². The van der Waals surface area contributed by atoms with Crippen molar-refractivity contribution in [1.82, 2.24) is 10.2 Å². The molecular formula is C13H16Cl2F3N3O. The lowest BCUT2D eigenvalue weighted by molar-refractivity contribution is -0.137. The van der Waals surface area contributed by atoms with Crippen molar-refractivity contribution >= 4 is 35.7 Å². The van der Waals surface area contributed by atoms with E-state index in [9.17, 15) is 18.0 Å². The largest absolute Gasteiger partial charge is 0.416 e. The molecule has 0 spiro atoms. The molecule has 1 fully saturated rings. The van der Waals surface area contributed by atoms with Gasteiger partial charge >= 0.3 is 12.2 Å². The average molecular weight is 358 g/mol. The fourth-order valence-corrected chi connectivity index (χ4v) is 2.27. The molecule has 1 aliphatic rings. The van der Waals surface area contributed by atoms with E-state index in [1.165, 1.54) is 4.90 Å². The van der Waals surface area contributed by atoms with Crippen LogP contribution in [0.15, 0.2) is 18.2 Å². The Kier molecular flexibility index (Phi) is 6.34. The molecule has 1 aromatic carbocycles. The Morgan fingerprint density at radius 2 is 2.14 bits per heavy atom. The molecule has 1 aromatic rings. The van der Waals surface area contributed by atoms with E-state index in [1.807, 2.05) is 6.92 Å². The number of hydrogen-bond donors (Lipinski definition) is 2. The predicted molar refractivity (Wildman–Crippen MR) is 81.8 cm³/mol. The fraction of sp³-hybridized carbons (Fsp3) is 0.462. The number of alkyl halides is 3. The summed E-state index contributed by atoms with van der Waals surface area (Å²) in [5, 5.41) is 5.68. The first-order chi connectivity index (χ1) is 9.77. The Bertz CT molecular complexity index is 540. The van der Waals surface area contributed by atoms with Crippen LogP contribution in [0.3, 0.4) is 0 Å². The molecule has 2 rings (SSSR count). The normalized spacial score (nSPS) is 18.6. The molecule has 1 saturated heterocycles. The minimum Gasteiger partial charge on any atom is -0.322 e. The molecule has 0 aliphatic carbocycles. The quantitative estimate of drug-likeness (QED) is 0.806. The molecule has 4 nitrogen and oxygen atoms in total. The van der Waals surface area contributed by atoms with Crippen molar-refractivity contribution < 1.29 is 18.0 Å². The first-order valence-electron chi connectivity index (χ1n) is 6.43. The Morgan fingerprint density at radius 3 is 2.73 bits per heavy atom. The zero-order valence-electron chi connectivity index (χ0n) is 11.7. The van der Waals surface area contributed by atoms with Gasteiger partial charge in [0.05, 0.1) is 16.3 Å². The fourth-order valence-electron chi connectivity index (χ4n) is 2.11. The maximum absolute atomic E-state index is 12.7. The van der Waals surface area contributed by atoms with Crippen LogP contribution < -0.4 is 10.6 Å². The number of amides is 2. The summed E-state index contributed by atoms with van der Waals surface area (Å²) < 4.78 is 38.0. The Morgan fingerprint density at radius 1 is 1.45 bits per heavy atom. The number of piperazine rings is 1. The SMILES string of the molecule is C[C@H]1CN(C(=O)Nc2cc(C(F)(F)F)ccc2Cl)CCN1.Cl. The summed E-state index contributed by atoms with van der Waals surface area (Å²) in [5.41, 5.74) is -0.890. The number of halogens is 5. The molecule has 0 aromatic heterocycles. The summed E-state index contributed by atoms with van der Waals surface area (Å²) in [7, 11) is 0. The summed E-state index contributed by atoms with van der Waals surface area (Å²) in [5.74, 6) is 0. The summed E-state index contributed by atoms with van der Waals surface area (Å²) in [6, 6.07) is 2.53. The van der Waals surface area contributed by atoms with Gasteiger partial charge in [-0.25, -0.2) is 4.79 Å². The number of urea groups is 1. The van der Waals surface area contributed by atoms with E-state index in [0.717, 1.165) is 18.2 Å². The van der Waals surface area contributed by atoms with Gasteiger partial charge in [-0.15, -0.1) is 12.4 Å². The maximum Gasteiger partial charge on any atom is 0.416 e. The molecule has 0 radical (unpaired) electrons. The van der Waals surface area contributed by atoms with Crippen LogP contribution in [0.25, 0.3) is 0 Å². The van der Waals surface area contributed by atoms with Crippen LogP contribution in [0.2, 0.25) is 5.02 Å². The van der Waals surface area contributed by atoms with E-state index in [4.69, 9.17) is 11.6 Å². The van der Waals surface area contributed by atoms with Crippen LogP contribution in [0.4, 0.5) is 23.7 Å². The third kappa shape index (κ3) is 4.66. The van der Waals surface area contributed by atoms with Crippen LogP contribution in [-0.4, -0.2) is 36.6 Å². The molecule has 2 N–H and O–H groups in total. The molecule has 1 heterocycles. The number of benzene rings is 1. The minimum absolute atomic E-state index is 0. The van der Waals surface area contributed by atoms with Crippen LogP contribution in [0.1, 0.15) is 12.5 Å². The molecule has 2 amide bonds. The lowest BCUT2D eigenvalue weighted by Crippen LogP contribution is -2.52. The van der Waals surface area contributed by atoms with Gasteiger partial charge in [0, 0.05) is 25.7 Å². The molecule has 124 valence electrons. The monoisotopic (exact) mass is 357 g/mol. The molecule has 0 bridgehead atoms. The van der Waals surface area contributed by atoms with E-state index in [0.29, 0.717) is 19.6 Å². The second kappa shape index (κ2) is 7.39. The summed E-state index contributed by atoms with van der Waals surface area (Å²) in [6.45, 7) is 3.55. The Hall–Kier alpha value is -1.18. The first-order valence-corrected chi connectivity index (χ1v) is 6.81. The highest BCUT2D eigenvalue weighted by molar-refractivity contribution is 6.33. The zero-order valence-corrected chi connectivity index (χ0v) is 13.3. The molecule has 22 heavy (non-hydrogen) atoms. The maximum atomic E-state index is 12.7. The highest BCUT2D eigenvalue weighted by atomic mass is 35.5. The molecule has 1 aliphatic heterocycles. The van der Waals surface area contributed by atoms with E-state index in [-0.39, 0.29) is 29.2 Å². The standard InChI is InChI=1S/C13H15ClF3N3O.ClH/c1-8-7-20(5-4-18-8)12(21)19-11-6-9(13(15,16)17)2-3-10(11)14;/h2-3,6,8,18H,4-5,7H2,1H3,(H,19,21);1H/t8-;/m0./s1.